The van der Waals surface area contributed by atoms with Gasteiger partial charge < -0.3 is 14.8 Å². The van der Waals surface area contributed by atoms with E-state index in [4.69, 9.17) is 21.7 Å². The number of ether oxygens (including phenoxy) is 2. The first-order chi connectivity index (χ1) is 14.9. The third kappa shape index (κ3) is 4.14. The average Bonchev–Trinajstić information content (AvgIpc) is 3.20. The Balaban J connectivity index is 1.86. The van der Waals surface area contributed by atoms with Crippen LogP contribution in [0.5, 0.6) is 5.75 Å². The van der Waals surface area contributed by atoms with Gasteiger partial charge in [0.2, 0.25) is 0 Å². The molecular formula is C24H23NO3S3. The van der Waals surface area contributed by atoms with Gasteiger partial charge in [0.15, 0.2) is 0 Å². The molecule has 0 saturated heterocycles. The number of thiocarbonyl (C=S) groups is 1. The monoisotopic (exact) mass is 469 g/mol. The summed E-state index contributed by atoms with van der Waals surface area (Å²) < 4.78 is 11.8. The van der Waals surface area contributed by atoms with Crippen molar-refractivity contribution in [3.8, 4) is 5.75 Å². The lowest BCUT2D eigenvalue weighted by Gasteiger charge is -2.37. The number of thioether (sulfide) groups is 2. The molecule has 160 valence electrons. The van der Waals surface area contributed by atoms with Gasteiger partial charge in [-0.2, -0.15) is 0 Å². The lowest BCUT2D eigenvalue weighted by molar-refractivity contribution is -0.137. The number of methoxy groups -OCH3 is 1. The summed E-state index contributed by atoms with van der Waals surface area (Å²) in [6, 6.07) is 15.9. The summed E-state index contributed by atoms with van der Waals surface area (Å²) in [5, 5.41) is 3.53. The van der Waals surface area contributed by atoms with E-state index >= 15 is 0 Å². The largest absolute Gasteiger partial charge is 0.497 e. The zero-order chi connectivity index (χ0) is 22.2. The Labute approximate surface area is 196 Å². The Morgan fingerprint density at radius 1 is 1.13 bits per heavy atom. The van der Waals surface area contributed by atoms with Gasteiger partial charge in [0.1, 0.15) is 10.7 Å². The van der Waals surface area contributed by atoms with Gasteiger partial charge >= 0.3 is 5.97 Å². The fourth-order valence-electron chi connectivity index (χ4n) is 3.51. The SMILES string of the molecule is CCOC(=O)C1=C(c2ccccc2)S/C(=C2\C(=S)C(C)(C)Nc3cc(OC)ccc32)S1. The predicted octanol–water partition coefficient (Wildman–Crippen LogP) is 6.35. The topological polar surface area (TPSA) is 47.6 Å². The molecule has 0 radical (unpaired) electrons. The Morgan fingerprint density at radius 2 is 1.87 bits per heavy atom. The van der Waals surface area contributed by atoms with Crippen LogP contribution in [-0.4, -0.2) is 30.1 Å². The van der Waals surface area contributed by atoms with Crippen molar-refractivity contribution in [1.29, 1.82) is 0 Å². The number of hydrogen-bond acceptors (Lipinski definition) is 7. The van der Waals surface area contributed by atoms with Crippen LogP contribution in [0, 0.1) is 0 Å². The molecule has 0 spiro atoms. The van der Waals surface area contributed by atoms with E-state index in [-0.39, 0.29) is 5.97 Å². The van der Waals surface area contributed by atoms with Crippen LogP contribution in [0.4, 0.5) is 5.69 Å². The summed E-state index contributed by atoms with van der Waals surface area (Å²) in [7, 11) is 1.66. The molecule has 0 fully saturated rings. The third-order valence-corrected chi connectivity index (χ3v) is 8.38. The molecule has 0 aliphatic carbocycles. The van der Waals surface area contributed by atoms with Crippen LogP contribution in [0.2, 0.25) is 0 Å². The number of rotatable bonds is 4. The molecule has 1 N–H and O–H groups in total. The molecule has 0 bridgehead atoms. The van der Waals surface area contributed by atoms with E-state index in [1.807, 2.05) is 55.5 Å². The minimum absolute atomic E-state index is 0.302. The van der Waals surface area contributed by atoms with Crippen LogP contribution in [0.3, 0.4) is 0 Å². The van der Waals surface area contributed by atoms with Crippen LogP contribution < -0.4 is 10.1 Å². The van der Waals surface area contributed by atoms with Gasteiger partial charge in [0.25, 0.3) is 0 Å². The second-order valence-corrected chi connectivity index (χ2v) is 10.3. The first kappa shape index (κ1) is 22.0. The van der Waals surface area contributed by atoms with Crippen molar-refractivity contribution >= 4 is 62.7 Å². The van der Waals surface area contributed by atoms with E-state index in [1.54, 1.807) is 18.9 Å². The third-order valence-electron chi connectivity index (χ3n) is 5.03. The van der Waals surface area contributed by atoms with E-state index in [0.29, 0.717) is 11.5 Å². The Bertz CT molecular complexity index is 1120. The number of hydrogen-bond donors (Lipinski definition) is 1. The number of nitrogens with one attached hydrogen (secondary N) is 1. The number of esters is 1. The summed E-state index contributed by atoms with van der Waals surface area (Å²) in [6.07, 6.45) is 0. The highest BCUT2D eigenvalue weighted by Crippen LogP contribution is 2.58. The van der Waals surface area contributed by atoms with Gasteiger partial charge in [-0.25, -0.2) is 4.79 Å². The molecule has 4 nitrogen and oxygen atoms in total. The Kier molecular flexibility index (Phi) is 6.19. The van der Waals surface area contributed by atoms with E-state index in [0.717, 1.165) is 42.1 Å². The molecule has 31 heavy (non-hydrogen) atoms. The molecule has 2 aliphatic heterocycles. The van der Waals surface area contributed by atoms with Crippen molar-refractivity contribution in [2.24, 2.45) is 0 Å². The Hall–Kier alpha value is -2.22. The number of carbonyl (C=O) groups is 1. The van der Waals surface area contributed by atoms with Crippen molar-refractivity contribution < 1.29 is 14.3 Å². The van der Waals surface area contributed by atoms with E-state index in [9.17, 15) is 4.79 Å². The maximum atomic E-state index is 12.8. The van der Waals surface area contributed by atoms with Crippen molar-refractivity contribution in [2.75, 3.05) is 19.0 Å². The molecule has 0 amide bonds. The van der Waals surface area contributed by atoms with Gasteiger partial charge in [0, 0.05) is 32.7 Å². The second kappa shape index (κ2) is 8.73. The van der Waals surface area contributed by atoms with Crippen LogP contribution in [0.1, 0.15) is 31.9 Å². The van der Waals surface area contributed by atoms with Crippen molar-refractivity contribution in [2.45, 2.75) is 26.3 Å². The maximum Gasteiger partial charge on any atom is 0.346 e. The molecule has 4 rings (SSSR count). The van der Waals surface area contributed by atoms with Gasteiger partial charge in [-0.1, -0.05) is 66.1 Å². The molecule has 0 atom stereocenters. The predicted molar refractivity (Wildman–Crippen MR) is 135 cm³/mol. The lowest BCUT2D eigenvalue weighted by atomic mass is 9.85. The quantitative estimate of drug-likeness (QED) is 0.318. The fourth-order valence-corrected chi connectivity index (χ4v) is 6.60. The summed E-state index contributed by atoms with van der Waals surface area (Å²) in [4.78, 5) is 15.1. The standard InChI is InChI=1S/C24H23NO3S3/c1-5-28-22(26)20-19(14-9-7-6-8-10-14)30-23(31-20)18-16-12-11-15(27-4)13-17(16)25-24(2,3)21(18)29/h6-13,25H,5H2,1-4H3/b23-18+. The molecule has 0 unspecified atom stereocenters. The average molecular weight is 470 g/mol. The van der Waals surface area contributed by atoms with Gasteiger partial charge in [-0.05, 0) is 38.5 Å². The number of benzene rings is 2. The van der Waals surface area contributed by atoms with E-state index in [2.05, 4.69) is 19.2 Å². The first-order valence-electron chi connectivity index (χ1n) is 9.94. The molecule has 7 heteroatoms. The van der Waals surface area contributed by atoms with Crippen molar-refractivity contribution in [3.63, 3.8) is 0 Å². The normalized spacial score (nSPS) is 19.7. The van der Waals surface area contributed by atoms with Gasteiger partial charge in [-0.3, -0.25) is 0 Å². The highest BCUT2D eigenvalue weighted by atomic mass is 32.2. The second-order valence-electron chi connectivity index (χ2n) is 7.60. The fraction of sp³-hybridized carbons (Fsp3) is 0.250. The molecule has 2 aliphatic rings. The van der Waals surface area contributed by atoms with Crippen molar-refractivity contribution in [3.05, 3.63) is 68.8 Å². The van der Waals surface area contributed by atoms with Crippen LogP contribution >= 0.6 is 35.7 Å². The van der Waals surface area contributed by atoms with Crippen molar-refractivity contribution in [1.82, 2.24) is 0 Å². The minimum Gasteiger partial charge on any atom is -0.497 e. The molecule has 2 heterocycles. The molecule has 0 saturated carbocycles. The molecule has 2 aromatic rings. The zero-order valence-corrected chi connectivity index (χ0v) is 20.2. The molecular weight excluding hydrogens is 446 g/mol. The number of anilines is 1. The Morgan fingerprint density at radius 3 is 2.55 bits per heavy atom. The van der Waals surface area contributed by atoms with Crippen LogP contribution in [0.15, 0.2) is 57.7 Å². The minimum atomic E-state index is -0.419. The highest BCUT2D eigenvalue weighted by Gasteiger charge is 2.38. The summed E-state index contributed by atoms with van der Waals surface area (Å²) >= 11 is 8.97. The number of fused-ring (bicyclic) bond motifs is 1. The van der Waals surface area contributed by atoms with E-state index in [1.165, 1.54) is 11.8 Å². The van der Waals surface area contributed by atoms with E-state index < -0.39 is 5.54 Å². The summed E-state index contributed by atoms with van der Waals surface area (Å²) in [5.74, 6) is 0.477. The molecule has 0 aromatic heterocycles. The smallest absolute Gasteiger partial charge is 0.346 e. The lowest BCUT2D eigenvalue weighted by Crippen LogP contribution is -2.43. The summed E-state index contributed by atoms with van der Waals surface area (Å²) in [6.45, 7) is 6.29. The highest BCUT2D eigenvalue weighted by molar-refractivity contribution is 8.32. The molecule has 2 aromatic carbocycles. The van der Waals surface area contributed by atoms with Crippen LogP contribution in [-0.2, 0) is 9.53 Å². The number of carbonyl (C=O) groups excluding carboxylic acids is 1. The summed E-state index contributed by atoms with van der Waals surface area (Å²) in [5.41, 5.74) is 3.54. The first-order valence-corrected chi connectivity index (χ1v) is 12.0. The maximum absolute atomic E-state index is 12.8. The van der Waals surface area contributed by atoms with Gasteiger partial charge in [0.05, 0.1) is 23.5 Å². The zero-order valence-electron chi connectivity index (χ0n) is 17.8. The van der Waals surface area contributed by atoms with Crippen LogP contribution in [0.25, 0.3) is 10.5 Å². The van der Waals surface area contributed by atoms with Gasteiger partial charge in [-0.15, -0.1) is 0 Å².